The van der Waals surface area contributed by atoms with Crippen LogP contribution in [0.5, 0.6) is 0 Å². The van der Waals surface area contributed by atoms with Crippen LogP contribution in [0.15, 0.2) is 24.3 Å². The molecule has 0 atom stereocenters. The SMILES string of the molecule is O=C(CCNC(=O)NC1CCCCC1)NCCNc1ccccc1[N+](=O)[O-]. The van der Waals surface area contributed by atoms with Crippen molar-refractivity contribution in [3.05, 3.63) is 34.4 Å². The lowest BCUT2D eigenvalue weighted by molar-refractivity contribution is -0.384. The number of amides is 3. The molecule has 1 aromatic carbocycles. The Morgan fingerprint density at radius 2 is 1.78 bits per heavy atom. The molecule has 0 aliphatic heterocycles. The van der Waals surface area contributed by atoms with E-state index in [-0.39, 0.29) is 36.6 Å². The Labute approximate surface area is 158 Å². The molecule has 0 saturated heterocycles. The van der Waals surface area contributed by atoms with Crippen molar-refractivity contribution in [1.82, 2.24) is 16.0 Å². The highest BCUT2D eigenvalue weighted by Crippen LogP contribution is 2.22. The Balaban J connectivity index is 1.56. The lowest BCUT2D eigenvalue weighted by Gasteiger charge is -2.22. The van der Waals surface area contributed by atoms with E-state index in [1.807, 2.05) is 0 Å². The predicted octanol–water partition coefficient (Wildman–Crippen LogP) is 2.14. The minimum absolute atomic E-state index is 0.00277. The van der Waals surface area contributed by atoms with Crippen molar-refractivity contribution in [1.29, 1.82) is 0 Å². The van der Waals surface area contributed by atoms with Gasteiger partial charge in [-0.25, -0.2) is 4.79 Å². The molecular weight excluding hydrogens is 350 g/mol. The van der Waals surface area contributed by atoms with Crippen molar-refractivity contribution in [2.45, 2.75) is 44.6 Å². The molecule has 2 rings (SSSR count). The van der Waals surface area contributed by atoms with E-state index in [4.69, 9.17) is 0 Å². The molecule has 27 heavy (non-hydrogen) atoms. The summed E-state index contributed by atoms with van der Waals surface area (Å²) in [5.41, 5.74) is 0.412. The molecule has 1 aliphatic carbocycles. The molecule has 0 heterocycles. The van der Waals surface area contributed by atoms with Crippen LogP contribution in [0.25, 0.3) is 0 Å². The van der Waals surface area contributed by atoms with Gasteiger partial charge in [0.25, 0.3) is 5.69 Å². The van der Waals surface area contributed by atoms with E-state index in [1.165, 1.54) is 12.5 Å². The number of benzene rings is 1. The Morgan fingerprint density at radius 3 is 2.52 bits per heavy atom. The zero-order valence-corrected chi connectivity index (χ0v) is 15.3. The summed E-state index contributed by atoms with van der Waals surface area (Å²) in [7, 11) is 0. The molecule has 1 aromatic rings. The Kier molecular flexibility index (Phi) is 8.34. The monoisotopic (exact) mass is 377 g/mol. The lowest BCUT2D eigenvalue weighted by Crippen LogP contribution is -2.44. The third-order valence-corrected chi connectivity index (χ3v) is 4.44. The predicted molar refractivity (Wildman–Crippen MR) is 103 cm³/mol. The molecule has 0 aromatic heterocycles. The number of anilines is 1. The summed E-state index contributed by atoms with van der Waals surface area (Å²) in [6, 6.07) is 6.36. The average Bonchev–Trinajstić information content (AvgIpc) is 2.66. The normalized spacial score (nSPS) is 14.2. The van der Waals surface area contributed by atoms with Crippen LogP contribution in [-0.2, 0) is 4.79 Å². The first kappa shape index (κ1) is 20.5. The Bertz CT molecular complexity index is 646. The van der Waals surface area contributed by atoms with Gasteiger partial charge in [0.1, 0.15) is 5.69 Å². The van der Waals surface area contributed by atoms with Crippen LogP contribution in [0.1, 0.15) is 38.5 Å². The van der Waals surface area contributed by atoms with Crippen LogP contribution in [0, 0.1) is 10.1 Å². The smallest absolute Gasteiger partial charge is 0.315 e. The van der Waals surface area contributed by atoms with Gasteiger partial charge in [-0.1, -0.05) is 31.4 Å². The second-order valence-electron chi connectivity index (χ2n) is 6.54. The summed E-state index contributed by atoms with van der Waals surface area (Å²) in [5.74, 6) is -0.183. The van der Waals surface area contributed by atoms with Gasteiger partial charge in [-0.2, -0.15) is 0 Å². The number of urea groups is 1. The van der Waals surface area contributed by atoms with Crippen molar-refractivity contribution in [3.63, 3.8) is 0 Å². The maximum atomic E-state index is 11.8. The van der Waals surface area contributed by atoms with E-state index in [0.717, 1.165) is 25.7 Å². The number of rotatable bonds is 9. The third-order valence-electron chi connectivity index (χ3n) is 4.44. The number of nitro benzene ring substituents is 1. The molecule has 4 N–H and O–H groups in total. The van der Waals surface area contributed by atoms with Gasteiger partial charge in [0.2, 0.25) is 5.91 Å². The van der Waals surface area contributed by atoms with Gasteiger partial charge in [-0.15, -0.1) is 0 Å². The lowest BCUT2D eigenvalue weighted by atomic mass is 9.96. The number of para-hydroxylation sites is 2. The van der Waals surface area contributed by atoms with Gasteiger partial charge >= 0.3 is 6.03 Å². The summed E-state index contributed by atoms with van der Waals surface area (Å²) in [5, 5.41) is 22.2. The van der Waals surface area contributed by atoms with Crippen LogP contribution in [0.2, 0.25) is 0 Å². The third kappa shape index (κ3) is 7.51. The van der Waals surface area contributed by atoms with E-state index in [0.29, 0.717) is 18.8 Å². The highest BCUT2D eigenvalue weighted by atomic mass is 16.6. The van der Waals surface area contributed by atoms with Gasteiger partial charge in [-0.3, -0.25) is 14.9 Å². The first-order valence-corrected chi connectivity index (χ1v) is 9.34. The minimum atomic E-state index is -0.453. The van der Waals surface area contributed by atoms with Gasteiger partial charge < -0.3 is 21.3 Å². The molecule has 0 spiro atoms. The Hall–Kier alpha value is -2.84. The quantitative estimate of drug-likeness (QED) is 0.298. The summed E-state index contributed by atoms with van der Waals surface area (Å²) in [6.45, 7) is 0.966. The number of carbonyl (C=O) groups is 2. The van der Waals surface area contributed by atoms with Gasteiger partial charge in [-0.05, 0) is 18.9 Å². The first-order chi connectivity index (χ1) is 13.1. The van der Waals surface area contributed by atoms with E-state index in [2.05, 4.69) is 21.3 Å². The van der Waals surface area contributed by atoms with Crippen molar-refractivity contribution in [2.75, 3.05) is 25.0 Å². The number of nitrogens with one attached hydrogen (secondary N) is 4. The van der Waals surface area contributed by atoms with E-state index < -0.39 is 4.92 Å². The number of hydrogen-bond donors (Lipinski definition) is 4. The molecule has 3 amide bonds. The molecule has 1 fully saturated rings. The molecule has 1 aliphatic rings. The molecule has 1 saturated carbocycles. The molecule has 0 unspecified atom stereocenters. The molecule has 0 radical (unpaired) electrons. The standard InChI is InChI=1S/C18H27N5O4/c24-17(10-11-21-18(25)22-14-6-2-1-3-7-14)20-13-12-19-15-8-4-5-9-16(15)23(26)27/h4-5,8-9,14,19H,1-3,6-7,10-13H2,(H,20,24)(H2,21,22,25). The number of carbonyl (C=O) groups excluding carboxylic acids is 2. The molecule has 9 nitrogen and oxygen atoms in total. The second kappa shape index (κ2) is 11.0. The Morgan fingerprint density at radius 1 is 1.04 bits per heavy atom. The van der Waals surface area contributed by atoms with Crippen molar-refractivity contribution in [2.24, 2.45) is 0 Å². The fraction of sp³-hybridized carbons (Fsp3) is 0.556. The fourth-order valence-electron chi connectivity index (χ4n) is 3.04. The van der Waals surface area contributed by atoms with Crippen LogP contribution < -0.4 is 21.3 Å². The van der Waals surface area contributed by atoms with Gasteiger partial charge in [0, 0.05) is 38.2 Å². The van der Waals surface area contributed by atoms with Crippen LogP contribution in [0.3, 0.4) is 0 Å². The molecule has 148 valence electrons. The maximum absolute atomic E-state index is 11.8. The van der Waals surface area contributed by atoms with Gasteiger partial charge in [0.15, 0.2) is 0 Å². The zero-order chi connectivity index (χ0) is 19.5. The first-order valence-electron chi connectivity index (χ1n) is 9.34. The van der Waals surface area contributed by atoms with Crippen LogP contribution in [0.4, 0.5) is 16.2 Å². The second-order valence-corrected chi connectivity index (χ2v) is 6.54. The van der Waals surface area contributed by atoms with E-state index in [1.54, 1.807) is 18.2 Å². The highest BCUT2D eigenvalue weighted by molar-refractivity contribution is 5.78. The average molecular weight is 377 g/mol. The number of nitro groups is 1. The maximum Gasteiger partial charge on any atom is 0.315 e. The van der Waals surface area contributed by atoms with Crippen molar-refractivity contribution in [3.8, 4) is 0 Å². The molecule has 9 heteroatoms. The highest BCUT2D eigenvalue weighted by Gasteiger charge is 2.15. The van der Waals surface area contributed by atoms with Crippen molar-refractivity contribution < 1.29 is 14.5 Å². The van der Waals surface area contributed by atoms with Crippen LogP contribution >= 0.6 is 0 Å². The zero-order valence-electron chi connectivity index (χ0n) is 15.3. The molecule has 0 bridgehead atoms. The number of hydrogen-bond acceptors (Lipinski definition) is 5. The number of nitrogens with zero attached hydrogens (tertiary/aromatic N) is 1. The van der Waals surface area contributed by atoms with Gasteiger partial charge in [0.05, 0.1) is 4.92 Å². The summed E-state index contributed by atoms with van der Waals surface area (Å²) >= 11 is 0. The van der Waals surface area contributed by atoms with E-state index >= 15 is 0 Å². The van der Waals surface area contributed by atoms with Crippen LogP contribution in [-0.4, -0.2) is 42.5 Å². The summed E-state index contributed by atoms with van der Waals surface area (Å²) in [4.78, 5) is 34.0. The largest absolute Gasteiger partial charge is 0.378 e. The van der Waals surface area contributed by atoms with E-state index in [9.17, 15) is 19.7 Å². The fourth-order valence-corrected chi connectivity index (χ4v) is 3.04. The summed E-state index contributed by atoms with van der Waals surface area (Å²) < 4.78 is 0. The minimum Gasteiger partial charge on any atom is -0.378 e. The summed E-state index contributed by atoms with van der Waals surface area (Å²) in [6.07, 6.45) is 5.73. The topological polar surface area (TPSA) is 125 Å². The van der Waals surface area contributed by atoms with Crippen molar-refractivity contribution >= 4 is 23.3 Å². The molecular formula is C18H27N5O4.